The summed E-state index contributed by atoms with van der Waals surface area (Å²) in [7, 11) is -2.70. The van der Waals surface area contributed by atoms with E-state index in [4.69, 9.17) is 4.74 Å². The van der Waals surface area contributed by atoms with Crippen LogP contribution in [0, 0.1) is 6.92 Å². The summed E-state index contributed by atoms with van der Waals surface area (Å²) in [5.74, 6) is -0.733. The predicted octanol–water partition coefficient (Wildman–Crippen LogP) is 1.58. The van der Waals surface area contributed by atoms with E-state index in [0.29, 0.717) is 0 Å². The van der Waals surface area contributed by atoms with Crippen LogP contribution in [0.4, 0.5) is 0 Å². The Hall–Kier alpha value is -2.28. The highest BCUT2D eigenvalue weighted by Crippen LogP contribution is 2.31. The monoisotopic (exact) mass is 323 g/mol. The van der Waals surface area contributed by atoms with Crippen molar-refractivity contribution in [2.75, 3.05) is 13.7 Å². The number of rotatable bonds is 4. The number of hydrogen-bond donors (Lipinski definition) is 0. The fourth-order valence-electron chi connectivity index (χ4n) is 2.11. The molecule has 0 amide bonds. The molecule has 1 fully saturated rings. The van der Waals surface area contributed by atoms with E-state index in [1.807, 2.05) is 6.92 Å². The number of carbonyl (C=O) groups excluding carboxylic acids is 1. The summed E-state index contributed by atoms with van der Waals surface area (Å²) in [6.45, 7) is 9.03. The van der Waals surface area contributed by atoms with Crippen molar-refractivity contribution in [2.45, 2.75) is 17.9 Å². The van der Waals surface area contributed by atoms with Gasteiger partial charge in [-0.15, -0.1) is 0 Å². The lowest BCUT2D eigenvalue weighted by molar-refractivity contribution is -0.136. The molecular weight excluding hydrogens is 306 g/mol. The zero-order valence-corrected chi connectivity index (χ0v) is 13.2. The summed E-state index contributed by atoms with van der Waals surface area (Å²) in [6.07, 6.45) is 0. The van der Waals surface area contributed by atoms with Gasteiger partial charge in [-0.25, -0.2) is 17.5 Å². The standard InChI is InChI=1S/C15H17NO5S/c1-10-5-7-13(8-6-10)22(18,19)16-12(3)21-9-14(16)11(2)15(17)20-4/h5-8,14H,2-3,9H2,1,4H3. The van der Waals surface area contributed by atoms with Crippen molar-refractivity contribution in [3.63, 3.8) is 0 Å². The molecule has 22 heavy (non-hydrogen) atoms. The first-order chi connectivity index (χ1) is 10.3. The number of hydrogen-bond acceptors (Lipinski definition) is 5. The van der Waals surface area contributed by atoms with Crippen LogP contribution < -0.4 is 0 Å². The van der Waals surface area contributed by atoms with Crippen LogP contribution in [0.1, 0.15) is 5.56 Å². The van der Waals surface area contributed by atoms with E-state index in [0.717, 1.165) is 9.87 Å². The van der Waals surface area contributed by atoms with Gasteiger partial charge in [-0.2, -0.15) is 0 Å². The first-order valence-electron chi connectivity index (χ1n) is 6.49. The van der Waals surface area contributed by atoms with Crippen molar-refractivity contribution < 1.29 is 22.7 Å². The highest BCUT2D eigenvalue weighted by Gasteiger charge is 2.42. The molecular formula is C15H17NO5S. The summed E-state index contributed by atoms with van der Waals surface area (Å²) in [5, 5.41) is 0. The van der Waals surface area contributed by atoms with Crippen LogP contribution in [-0.4, -0.2) is 38.5 Å². The van der Waals surface area contributed by atoms with E-state index >= 15 is 0 Å². The molecule has 6 nitrogen and oxygen atoms in total. The molecule has 1 saturated heterocycles. The van der Waals surface area contributed by atoms with Crippen LogP contribution in [0.15, 0.2) is 53.8 Å². The highest BCUT2D eigenvalue weighted by molar-refractivity contribution is 7.89. The largest absolute Gasteiger partial charge is 0.476 e. The SMILES string of the molecule is C=C(C(=O)OC)C1COC(=C)N1S(=O)(=O)c1ccc(C)cc1. The third-order valence-electron chi connectivity index (χ3n) is 3.36. The number of carbonyl (C=O) groups is 1. The number of esters is 1. The quantitative estimate of drug-likeness (QED) is 0.621. The van der Waals surface area contributed by atoms with Crippen molar-refractivity contribution in [3.05, 3.63) is 54.4 Å². The van der Waals surface area contributed by atoms with Crippen LogP contribution in [0.2, 0.25) is 0 Å². The van der Waals surface area contributed by atoms with Crippen LogP contribution in [-0.2, 0) is 24.3 Å². The Morgan fingerprint density at radius 2 is 1.95 bits per heavy atom. The summed E-state index contributed by atoms with van der Waals surface area (Å²) < 4.78 is 36.3. The van der Waals surface area contributed by atoms with Gasteiger partial charge in [0, 0.05) is 0 Å². The molecule has 1 unspecified atom stereocenters. The molecule has 0 aliphatic carbocycles. The molecule has 0 spiro atoms. The van der Waals surface area contributed by atoms with Crippen LogP contribution in [0.25, 0.3) is 0 Å². The zero-order chi connectivity index (χ0) is 16.5. The topological polar surface area (TPSA) is 72.9 Å². The van der Waals surface area contributed by atoms with Gasteiger partial charge in [0.15, 0.2) is 5.88 Å². The smallest absolute Gasteiger partial charge is 0.335 e. The van der Waals surface area contributed by atoms with Crippen molar-refractivity contribution >= 4 is 16.0 Å². The minimum absolute atomic E-state index is 0.00293. The number of methoxy groups -OCH3 is 1. The maximum atomic E-state index is 12.8. The lowest BCUT2D eigenvalue weighted by atomic mass is 10.1. The molecule has 0 N–H and O–H groups in total. The Morgan fingerprint density at radius 1 is 1.36 bits per heavy atom. The maximum Gasteiger partial charge on any atom is 0.335 e. The molecule has 0 aromatic heterocycles. The Bertz CT molecular complexity index is 721. The molecule has 2 rings (SSSR count). The van der Waals surface area contributed by atoms with Crippen LogP contribution >= 0.6 is 0 Å². The second-order valence-electron chi connectivity index (χ2n) is 4.85. The average Bonchev–Trinajstić information content (AvgIpc) is 2.88. The second kappa shape index (κ2) is 5.84. The van der Waals surface area contributed by atoms with Gasteiger partial charge in [0.2, 0.25) is 0 Å². The summed E-state index contributed by atoms with van der Waals surface area (Å²) in [6, 6.07) is 5.50. The van der Waals surface area contributed by atoms with Crippen LogP contribution in [0.5, 0.6) is 0 Å². The molecule has 0 saturated carbocycles. The van der Waals surface area contributed by atoms with Crippen molar-refractivity contribution in [1.29, 1.82) is 0 Å². The first-order valence-corrected chi connectivity index (χ1v) is 7.93. The van der Waals surface area contributed by atoms with E-state index < -0.39 is 22.0 Å². The van der Waals surface area contributed by atoms with Gasteiger partial charge in [0.05, 0.1) is 17.6 Å². The number of nitrogens with zero attached hydrogens (tertiary/aromatic N) is 1. The average molecular weight is 323 g/mol. The lowest BCUT2D eigenvalue weighted by Gasteiger charge is -2.24. The highest BCUT2D eigenvalue weighted by atomic mass is 32.2. The van der Waals surface area contributed by atoms with Gasteiger partial charge in [0.25, 0.3) is 10.0 Å². The normalized spacial score (nSPS) is 18.0. The van der Waals surface area contributed by atoms with E-state index in [-0.39, 0.29) is 23.0 Å². The number of ether oxygens (including phenoxy) is 2. The van der Waals surface area contributed by atoms with Gasteiger partial charge in [-0.3, -0.25) is 0 Å². The number of aryl methyl sites for hydroxylation is 1. The van der Waals surface area contributed by atoms with Crippen molar-refractivity contribution in [1.82, 2.24) is 4.31 Å². The Kier molecular flexibility index (Phi) is 4.27. The molecule has 1 aliphatic rings. The molecule has 0 radical (unpaired) electrons. The zero-order valence-electron chi connectivity index (χ0n) is 12.4. The van der Waals surface area contributed by atoms with E-state index in [1.54, 1.807) is 12.1 Å². The predicted molar refractivity (Wildman–Crippen MR) is 80.2 cm³/mol. The van der Waals surface area contributed by atoms with E-state index in [1.165, 1.54) is 19.2 Å². The summed E-state index contributed by atoms with van der Waals surface area (Å²) in [5.41, 5.74) is 0.933. The maximum absolute atomic E-state index is 12.8. The van der Waals surface area contributed by atoms with E-state index in [2.05, 4.69) is 17.9 Å². The van der Waals surface area contributed by atoms with Gasteiger partial charge in [0.1, 0.15) is 12.6 Å². The van der Waals surface area contributed by atoms with Gasteiger partial charge in [-0.05, 0) is 25.6 Å². The minimum atomic E-state index is -3.90. The van der Waals surface area contributed by atoms with Crippen LogP contribution in [0.3, 0.4) is 0 Å². The fraction of sp³-hybridized carbons (Fsp3) is 0.267. The lowest BCUT2D eigenvalue weighted by Crippen LogP contribution is -2.38. The Morgan fingerprint density at radius 3 is 2.50 bits per heavy atom. The molecule has 7 heteroatoms. The second-order valence-corrected chi connectivity index (χ2v) is 6.67. The minimum Gasteiger partial charge on any atom is -0.476 e. The molecule has 0 bridgehead atoms. The fourth-order valence-corrected chi connectivity index (χ4v) is 3.67. The third-order valence-corrected chi connectivity index (χ3v) is 5.21. The van der Waals surface area contributed by atoms with Gasteiger partial charge in [-0.1, -0.05) is 24.3 Å². The van der Waals surface area contributed by atoms with Gasteiger partial charge < -0.3 is 9.47 Å². The Labute approximate surface area is 129 Å². The van der Waals surface area contributed by atoms with E-state index in [9.17, 15) is 13.2 Å². The molecule has 1 aliphatic heterocycles. The molecule has 1 aromatic carbocycles. The number of sulfonamides is 1. The van der Waals surface area contributed by atoms with Gasteiger partial charge >= 0.3 is 5.97 Å². The van der Waals surface area contributed by atoms with Crippen molar-refractivity contribution in [3.8, 4) is 0 Å². The molecule has 1 aromatic rings. The number of benzene rings is 1. The molecule has 118 valence electrons. The third kappa shape index (κ3) is 2.71. The first kappa shape index (κ1) is 16.1. The molecule has 1 atom stereocenters. The Balaban J connectivity index is 2.42. The van der Waals surface area contributed by atoms with Crippen molar-refractivity contribution in [2.24, 2.45) is 0 Å². The summed E-state index contributed by atoms with van der Waals surface area (Å²) >= 11 is 0. The molecule has 1 heterocycles. The summed E-state index contributed by atoms with van der Waals surface area (Å²) in [4.78, 5) is 11.7.